The van der Waals surface area contributed by atoms with Gasteiger partial charge in [-0.2, -0.15) is 0 Å². The van der Waals surface area contributed by atoms with Crippen LogP contribution in [0.25, 0.3) is 0 Å². The third kappa shape index (κ3) is 2.73. The molecular weight excluding hydrogens is 410 g/mol. The van der Waals surface area contributed by atoms with Crippen LogP contribution in [0.3, 0.4) is 0 Å². The summed E-state index contributed by atoms with van der Waals surface area (Å²) in [5.41, 5.74) is 0.401. The highest BCUT2D eigenvalue weighted by Crippen LogP contribution is 2.65. The van der Waals surface area contributed by atoms with Crippen molar-refractivity contribution in [2.45, 2.75) is 81.5 Å². The van der Waals surface area contributed by atoms with Gasteiger partial charge >= 0.3 is 5.97 Å². The Morgan fingerprint density at radius 2 is 2.16 bits per heavy atom. The average Bonchev–Trinajstić information content (AvgIpc) is 3.51. The molecule has 2 heterocycles. The fourth-order valence-corrected chi connectivity index (χ4v) is 6.80. The molecule has 7 nitrogen and oxygen atoms in total. The average molecular weight is 442 g/mol. The summed E-state index contributed by atoms with van der Waals surface area (Å²) in [4.78, 5) is 27.2. The van der Waals surface area contributed by atoms with Crippen LogP contribution in [0.4, 0.5) is 0 Å². The number of likely N-dealkylation sites (tertiary alicyclic amines) is 1. The molecule has 6 rings (SSSR count). The zero-order chi connectivity index (χ0) is 22.1. The van der Waals surface area contributed by atoms with Gasteiger partial charge < -0.3 is 19.3 Å². The first-order valence-electron chi connectivity index (χ1n) is 12.1. The molecule has 0 radical (unpaired) electrons. The zero-order valence-electron chi connectivity index (χ0n) is 18.6. The number of carbonyl (C=O) groups is 2. The van der Waals surface area contributed by atoms with E-state index >= 15 is 0 Å². The van der Waals surface area contributed by atoms with E-state index in [0.717, 1.165) is 43.0 Å². The van der Waals surface area contributed by atoms with E-state index in [1.54, 1.807) is 0 Å². The van der Waals surface area contributed by atoms with E-state index in [1.165, 1.54) is 12.8 Å². The number of aliphatic hydroxyl groups is 1. The largest absolute Gasteiger partial charge is 0.477 e. The fraction of sp³-hybridized carbons (Fsp3) is 0.680. The van der Waals surface area contributed by atoms with E-state index in [9.17, 15) is 14.7 Å². The number of esters is 1. The van der Waals surface area contributed by atoms with Crippen LogP contribution in [0.1, 0.15) is 63.0 Å². The highest BCUT2D eigenvalue weighted by atomic mass is 16.7. The van der Waals surface area contributed by atoms with Crippen molar-refractivity contribution in [3.8, 4) is 11.5 Å². The minimum absolute atomic E-state index is 0.0104. The van der Waals surface area contributed by atoms with Crippen LogP contribution in [-0.2, 0) is 26.2 Å². The Kier molecular flexibility index (Phi) is 4.60. The maximum Gasteiger partial charge on any atom is 0.308 e. The van der Waals surface area contributed by atoms with Crippen molar-refractivity contribution >= 4 is 11.8 Å². The molecule has 1 saturated heterocycles. The molecule has 7 heteroatoms. The minimum atomic E-state index is -0.983. The Bertz CT molecular complexity index is 973. The predicted molar refractivity (Wildman–Crippen MR) is 115 cm³/mol. The number of nitrogens with zero attached hydrogens (tertiary/aromatic N) is 1. The van der Waals surface area contributed by atoms with Gasteiger partial charge in [0.2, 0.25) is 6.79 Å². The molecular formula is C25H31NO6. The molecule has 0 aromatic heterocycles. The van der Waals surface area contributed by atoms with Crippen molar-refractivity contribution in [2.75, 3.05) is 19.9 Å². The molecule has 1 unspecified atom stereocenters. The first-order chi connectivity index (χ1) is 15.5. The number of ether oxygens (including phenoxy) is 3. The lowest BCUT2D eigenvalue weighted by Gasteiger charge is -2.62. The Hall–Kier alpha value is -2.12. The van der Waals surface area contributed by atoms with Crippen LogP contribution in [0.2, 0.25) is 0 Å². The topological polar surface area (TPSA) is 85.3 Å². The molecule has 1 aromatic rings. The first kappa shape index (κ1) is 20.5. The molecule has 32 heavy (non-hydrogen) atoms. The van der Waals surface area contributed by atoms with E-state index in [0.29, 0.717) is 37.2 Å². The van der Waals surface area contributed by atoms with Gasteiger partial charge in [0.05, 0.1) is 11.0 Å². The van der Waals surface area contributed by atoms with Crippen LogP contribution >= 0.6 is 0 Å². The molecule has 2 aliphatic heterocycles. The summed E-state index contributed by atoms with van der Waals surface area (Å²) in [6.07, 6.45) is 5.23. The summed E-state index contributed by atoms with van der Waals surface area (Å²) in [7, 11) is 0. The second-order valence-electron chi connectivity index (χ2n) is 10.2. The Morgan fingerprint density at radius 3 is 2.94 bits per heavy atom. The third-order valence-corrected chi connectivity index (χ3v) is 8.43. The number of carbonyl (C=O) groups excluding carboxylic acids is 2. The van der Waals surface area contributed by atoms with Gasteiger partial charge in [0.25, 0.3) is 0 Å². The second kappa shape index (κ2) is 7.19. The zero-order valence-corrected chi connectivity index (χ0v) is 18.6. The number of benzene rings is 1. The summed E-state index contributed by atoms with van der Waals surface area (Å²) < 4.78 is 17.3. The summed E-state index contributed by atoms with van der Waals surface area (Å²) in [5.74, 6) is 1.54. The molecule has 1 spiro atoms. The Labute approximate surface area is 188 Å². The van der Waals surface area contributed by atoms with E-state index in [2.05, 4.69) is 4.90 Å². The molecule has 172 valence electrons. The molecule has 1 N–H and O–H groups in total. The monoisotopic (exact) mass is 441 g/mol. The van der Waals surface area contributed by atoms with Gasteiger partial charge in [-0.1, -0.05) is 13.0 Å². The summed E-state index contributed by atoms with van der Waals surface area (Å²) in [5, 5.41) is 12.2. The van der Waals surface area contributed by atoms with Gasteiger partial charge in [-0.25, -0.2) is 0 Å². The lowest BCUT2D eigenvalue weighted by molar-refractivity contribution is -0.188. The van der Waals surface area contributed by atoms with Crippen molar-refractivity contribution < 1.29 is 28.9 Å². The van der Waals surface area contributed by atoms with Crippen LogP contribution < -0.4 is 9.47 Å². The van der Waals surface area contributed by atoms with Gasteiger partial charge in [-0.15, -0.1) is 0 Å². The Balaban J connectivity index is 1.37. The molecule has 2 saturated carbocycles. The van der Waals surface area contributed by atoms with E-state index < -0.39 is 17.1 Å². The van der Waals surface area contributed by atoms with Crippen molar-refractivity contribution in [3.05, 3.63) is 23.3 Å². The smallest absolute Gasteiger partial charge is 0.308 e. The van der Waals surface area contributed by atoms with Gasteiger partial charge in [-0.3, -0.25) is 14.5 Å². The number of piperidine rings is 1. The first-order valence-corrected chi connectivity index (χ1v) is 12.1. The molecule has 0 amide bonds. The van der Waals surface area contributed by atoms with Crippen molar-refractivity contribution in [1.29, 1.82) is 0 Å². The number of rotatable bonds is 7. The highest BCUT2D eigenvalue weighted by Gasteiger charge is 2.73. The van der Waals surface area contributed by atoms with Crippen molar-refractivity contribution in [2.24, 2.45) is 5.92 Å². The lowest BCUT2D eigenvalue weighted by atomic mass is 9.49. The molecule has 3 aliphatic carbocycles. The van der Waals surface area contributed by atoms with Gasteiger partial charge in [0.15, 0.2) is 23.4 Å². The summed E-state index contributed by atoms with van der Waals surface area (Å²) >= 11 is 0. The van der Waals surface area contributed by atoms with Crippen LogP contribution in [0, 0.1) is 5.92 Å². The molecule has 3 fully saturated rings. The van der Waals surface area contributed by atoms with Gasteiger partial charge in [-0.05, 0) is 62.6 Å². The lowest BCUT2D eigenvalue weighted by Crippen LogP contribution is -2.76. The van der Waals surface area contributed by atoms with Crippen LogP contribution in [0.5, 0.6) is 11.5 Å². The minimum Gasteiger partial charge on any atom is -0.477 e. The van der Waals surface area contributed by atoms with Crippen molar-refractivity contribution in [3.63, 3.8) is 0 Å². The number of hydrogen-bond donors (Lipinski definition) is 1. The molecule has 5 aliphatic rings. The standard InChI is InChI=1S/C25H31NO6/c1-2-3-20(28)31-14-30-18-7-6-16-12-19-25(29)9-8-17(27)23-24(25,21(16)22(18)32-23)10-11-26(19)13-15-4-5-15/h6-7,15,19,23,29H,2-5,8-14H2,1H3/t19?,23-,24-,25+/m0/s1. The highest BCUT2D eigenvalue weighted by molar-refractivity contribution is 5.90. The molecule has 1 aromatic carbocycles. The van der Waals surface area contributed by atoms with Crippen LogP contribution in [-0.4, -0.2) is 59.4 Å². The van der Waals surface area contributed by atoms with E-state index in [-0.39, 0.29) is 24.6 Å². The SMILES string of the molecule is CCCC(=O)OCOc1ccc2c3c1O[C@H]1C(=O)CC[C@@]4(O)C(C2)N(CC2CC2)CC[C@]314. The van der Waals surface area contributed by atoms with E-state index in [4.69, 9.17) is 14.2 Å². The predicted octanol–water partition coefficient (Wildman–Crippen LogP) is 2.50. The number of Topliss-reactive ketones (excluding diaryl/α,β-unsaturated/α-hetero) is 1. The Morgan fingerprint density at radius 1 is 1.31 bits per heavy atom. The fourth-order valence-electron chi connectivity index (χ4n) is 6.80. The normalized spacial score (nSPS) is 34.6. The van der Waals surface area contributed by atoms with Crippen LogP contribution in [0.15, 0.2) is 12.1 Å². The molecule has 4 atom stereocenters. The number of hydrogen-bond acceptors (Lipinski definition) is 7. The van der Waals surface area contributed by atoms with Gasteiger partial charge in [0.1, 0.15) is 0 Å². The molecule has 2 bridgehead atoms. The quantitative estimate of drug-likeness (QED) is 0.514. The maximum atomic E-state index is 13.1. The van der Waals surface area contributed by atoms with Crippen molar-refractivity contribution in [1.82, 2.24) is 4.90 Å². The maximum absolute atomic E-state index is 13.1. The second-order valence-corrected chi connectivity index (χ2v) is 10.2. The third-order valence-electron chi connectivity index (χ3n) is 8.43. The summed E-state index contributed by atoms with van der Waals surface area (Å²) in [6, 6.07) is 3.91. The van der Waals surface area contributed by atoms with E-state index in [1.807, 2.05) is 19.1 Å². The number of ketones is 1. The van der Waals surface area contributed by atoms with Gasteiger partial charge in [0, 0.05) is 31.0 Å². The summed E-state index contributed by atoms with van der Waals surface area (Å²) in [6.45, 7) is 3.63.